The zero-order chi connectivity index (χ0) is 15.5. The van der Waals surface area contributed by atoms with Gasteiger partial charge in [-0.2, -0.15) is 0 Å². The summed E-state index contributed by atoms with van der Waals surface area (Å²) in [5.41, 5.74) is 6.73. The lowest BCUT2D eigenvalue weighted by Gasteiger charge is -2.35. The third-order valence-corrected chi connectivity index (χ3v) is 4.79. The number of nitrogens with two attached hydrogens (primary N) is 1. The van der Waals surface area contributed by atoms with Gasteiger partial charge in [0.1, 0.15) is 6.61 Å². The number of rotatable bonds is 2. The third-order valence-electron chi connectivity index (χ3n) is 4.53. The summed E-state index contributed by atoms with van der Waals surface area (Å²) in [4.78, 5) is 16.3. The molecular weight excluding hydrogens is 298 g/mol. The highest BCUT2D eigenvalue weighted by Gasteiger charge is 2.41. The Labute approximate surface area is 136 Å². The van der Waals surface area contributed by atoms with Crippen LogP contribution in [0.5, 0.6) is 0 Å². The van der Waals surface area contributed by atoms with Crippen molar-refractivity contribution in [2.24, 2.45) is 11.7 Å². The van der Waals surface area contributed by atoms with Crippen LogP contribution in [0, 0.1) is 5.92 Å². The summed E-state index contributed by atoms with van der Waals surface area (Å²) in [6.07, 6.45) is 1.89. The Morgan fingerprint density at radius 1 is 1.32 bits per heavy atom. The first-order valence-electron chi connectivity index (χ1n) is 7.67. The quantitative estimate of drug-likeness (QED) is 0.845. The van der Waals surface area contributed by atoms with Crippen molar-refractivity contribution in [3.63, 3.8) is 0 Å². The van der Waals surface area contributed by atoms with Crippen LogP contribution in [0.15, 0.2) is 30.3 Å². The summed E-state index contributed by atoms with van der Waals surface area (Å²) in [7, 11) is 0. The second kappa shape index (κ2) is 6.52. The van der Waals surface area contributed by atoms with Crippen LogP contribution < -0.4 is 5.73 Å². The van der Waals surface area contributed by atoms with Crippen LogP contribution >= 0.6 is 12.2 Å². The largest absolute Gasteiger partial charge is 0.445 e. The molecule has 2 saturated heterocycles. The van der Waals surface area contributed by atoms with E-state index in [-0.39, 0.29) is 12.1 Å². The molecule has 118 valence electrons. The Hall–Kier alpha value is -1.82. The van der Waals surface area contributed by atoms with Crippen molar-refractivity contribution < 1.29 is 9.53 Å². The van der Waals surface area contributed by atoms with Crippen LogP contribution in [-0.4, -0.2) is 46.7 Å². The first-order valence-corrected chi connectivity index (χ1v) is 8.07. The summed E-state index contributed by atoms with van der Waals surface area (Å²) >= 11 is 5.07. The molecule has 2 aliphatic heterocycles. The topological polar surface area (TPSA) is 58.8 Å². The highest BCUT2D eigenvalue weighted by Crippen LogP contribution is 2.31. The number of nitrogens with zero attached hydrogens (tertiary/aromatic N) is 2. The van der Waals surface area contributed by atoms with E-state index in [0.29, 0.717) is 17.6 Å². The maximum Gasteiger partial charge on any atom is 0.410 e. The molecule has 2 heterocycles. The second-order valence-corrected chi connectivity index (χ2v) is 6.36. The van der Waals surface area contributed by atoms with E-state index in [1.54, 1.807) is 0 Å². The fourth-order valence-electron chi connectivity index (χ4n) is 3.39. The summed E-state index contributed by atoms with van der Waals surface area (Å²) in [6, 6.07) is 9.91. The molecule has 22 heavy (non-hydrogen) atoms. The normalized spacial score (nSPS) is 24.0. The maximum absolute atomic E-state index is 12.4. The lowest BCUT2D eigenvalue weighted by Crippen LogP contribution is -2.48. The van der Waals surface area contributed by atoms with E-state index in [4.69, 9.17) is 22.7 Å². The lowest BCUT2D eigenvalue weighted by atomic mass is 9.92. The molecule has 2 atom stereocenters. The predicted molar refractivity (Wildman–Crippen MR) is 88.2 cm³/mol. The van der Waals surface area contributed by atoms with E-state index in [0.717, 1.165) is 38.0 Å². The Morgan fingerprint density at radius 3 is 2.82 bits per heavy atom. The zero-order valence-electron chi connectivity index (χ0n) is 12.5. The highest BCUT2D eigenvalue weighted by atomic mass is 32.1. The average Bonchev–Trinajstić information content (AvgIpc) is 2.98. The number of carbonyl (C=O) groups excluding carboxylic acids is 1. The molecule has 0 aromatic heterocycles. The van der Waals surface area contributed by atoms with Gasteiger partial charge in [-0.1, -0.05) is 30.3 Å². The number of thiocarbonyl (C=S) groups is 1. The molecule has 2 fully saturated rings. The van der Waals surface area contributed by atoms with Crippen LogP contribution in [0.25, 0.3) is 0 Å². The summed E-state index contributed by atoms with van der Waals surface area (Å²) < 4.78 is 5.48. The molecule has 0 aliphatic carbocycles. The molecule has 1 aromatic rings. The van der Waals surface area contributed by atoms with Crippen LogP contribution in [-0.2, 0) is 11.3 Å². The number of amides is 1. The van der Waals surface area contributed by atoms with E-state index in [9.17, 15) is 4.79 Å². The molecule has 1 amide bonds. The van der Waals surface area contributed by atoms with Gasteiger partial charge in [0.15, 0.2) is 5.11 Å². The van der Waals surface area contributed by atoms with Gasteiger partial charge < -0.3 is 20.3 Å². The van der Waals surface area contributed by atoms with Crippen LogP contribution in [0.1, 0.15) is 18.4 Å². The molecule has 1 aromatic carbocycles. The van der Waals surface area contributed by atoms with E-state index in [2.05, 4.69) is 0 Å². The molecule has 0 unspecified atom stereocenters. The molecule has 0 bridgehead atoms. The molecule has 0 radical (unpaired) electrons. The van der Waals surface area contributed by atoms with Crippen molar-refractivity contribution in [2.75, 3.05) is 19.6 Å². The standard InChI is InChI=1S/C16H21N3O2S/c17-15(22)18-9-13-7-4-8-19(14(13)10-18)16(20)21-11-12-5-2-1-3-6-12/h1-3,5-6,13-14H,4,7-11H2,(H2,17,22)/t13-,14-/m0/s1. The number of likely N-dealkylation sites (tertiary alicyclic amines) is 2. The third kappa shape index (κ3) is 3.16. The number of ether oxygens (including phenoxy) is 1. The number of fused-ring (bicyclic) bond motifs is 1. The van der Waals surface area contributed by atoms with Gasteiger partial charge in [-0.25, -0.2) is 4.79 Å². The smallest absolute Gasteiger partial charge is 0.410 e. The minimum absolute atomic E-state index is 0.165. The van der Waals surface area contributed by atoms with Crippen molar-refractivity contribution in [3.8, 4) is 0 Å². The fraction of sp³-hybridized carbons (Fsp3) is 0.500. The SMILES string of the molecule is NC(=S)N1C[C@@H]2CCCN(C(=O)OCc3ccccc3)[C@H]2C1. The van der Waals surface area contributed by atoms with E-state index < -0.39 is 0 Å². The second-order valence-electron chi connectivity index (χ2n) is 5.95. The molecule has 2 N–H and O–H groups in total. The number of piperidine rings is 1. The van der Waals surface area contributed by atoms with Crippen LogP contribution in [0.4, 0.5) is 4.79 Å². The summed E-state index contributed by atoms with van der Waals surface area (Å²) in [5, 5.41) is 0.423. The van der Waals surface area contributed by atoms with Crippen LogP contribution in [0.2, 0.25) is 0 Å². The lowest BCUT2D eigenvalue weighted by molar-refractivity contribution is 0.0611. The molecular formula is C16H21N3O2S. The van der Waals surface area contributed by atoms with Crippen molar-refractivity contribution in [1.29, 1.82) is 0 Å². The van der Waals surface area contributed by atoms with Crippen LogP contribution in [0.3, 0.4) is 0 Å². The highest BCUT2D eigenvalue weighted by molar-refractivity contribution is 7.80. The number of carbonyl (C=O) groups is 1. The van der Waals surface area contributed by atoms with E-state index >= 15 is 0 Å². The molecule has 5 nitrogen and oxygen atoms in total. The zero-order valence-corrected chi connectivity index (χ0v) is 13.3. The fourth-order valence-corrected chi connectivity index (χ4v) is 3.54. The Balaban J connectivity index is 1.61. The molecule has 2 aliphatic rings. The predicted octanol–water partition coefficient (Wildman–Crippen LogP) is 1.96. The Morgan fingerprint density at radius 2 is 2.09 bits per heavy atom. The molecule has 3 rings (SSSR count). The Kier molecular flexibility index (Phi) is 4.47. The summed E-state index contributed by atoms with van der Waals surface area (Å²) in [6.45, 7) is 2.63. The molecule has 6 heteroatoms. The Bertz CT molecular complexity index is 552. The van der Waals surface area contributed by atoms with Crippen molar-refractivity contribution in [2.45, 2.75) is 25.5 Å². The monoisotopic (exact) mass is 319 g/mol. The van der Waals surface area contributed by atoms with Gasteiger partial charge >= 0.3 is 6.09 Å². The maximum atomic E-state index is 12.4. The van der Waals surface area contributed by atoms with Crippen molar-refractivity contribution in [1.82, 2.24) is 9.80 Å². The van der Waals surface area contributed by atoms with Gasteiger partial charge in [-0.05, 0) is 36.5 Å². The van der Waals surface area contributed by atoms with Crippen molar-refractivity contribution >= 4 is 23.4 Å². The van der Waals surface area contributed by atoms with Gasteiger partial charge in [0, 0.05) is 19.6 Å². The van der Waals surface area contributed by atoms with Gasteiger partial charge in [-0.3, -0.25) is 0 Å². The number of benzene rings is 1. The minimum atomic E-state index is -0.233. The average molecular weight is 319 g/mol. The van der Waals surface area contributed by atoms with Gasteiger partial charge in [0.05, 0.1) is 6.04 Å². The van der Waals surface area contributed by atoms with Gasteiger partial charge in [0.2, 0.25) is 0 Å². The molecule has 0 spiro atoms. The summed E-state index contributed by atoms with van der Waals surface area (Å²) in [5.74, 6) is 0.444. The minimum Gasteiger partial charge on any atom is -0.445 e. The van der Waals surface area contributed by atoms with Gasteiger partial charge in [-0.15, -0.1) is 0 Å². The first-order chi connectivity index (χ1) is 10.6. The number of hydrogen-bond donors (Lipinski definition) is 1. The van der Waals surface area contributed by atoms with E-state index in [1.165, 1.54) is 0 Å². The van der Waals surface area contributed by atoms with Gasteiger partial charge in [0.25, 0.3) is 0 Å². The first kappa shape index (κ1) is 15.1. The van der Waals surface area contributed by atoms with E-state index in [1.807, 2.05) is 40.1 Å². The molecule has 0 saturated carbocycles. The van der Waals surface area contributed by atoms with Crippen molar-refractivity contribution in [3.05, 3.63) is 35.9 Å². The number of hydrogen-bond acceptors (Lipinski definition) is 3.